The van der Waals surface area contributed by atoms with Gasteiger partial charge in [-0.25, -0.2) is 4.68 Å². The Morgan fingerprint density at radius 3 is 2.52 bits per heavy atom. The van der Waals surface area contributed by atoms with Gasteiger partial charge in [-0.3, -0.25) is 4.79 Å². The molecule has 0 atom stereocenters. The van der Waals surface area contributed by atoms with Crippen LogP contribution in [0, 0.1) is 6.92 Å². The summed E-state index contributed by atoms with van der Waals surface area (Å²) >= 11 is 0. The molecule has 6 heteroatoms. The predicted molar refractivity (Wildman–Crippen MR) is 102 cm³/mol. The van der Waals surface area contributed by atoms with Crippen LogP contribution in [0.25, 0.3) is 17.1 Å². The molecule has 1 fully saturated rings. The van der Waals surface area contributed by atoms with E-state index in [-0.39, 0.29) is 12.0 Å². The second-order valence-corrected chi connectivity index (χ2v) is 6.81. The lowest BCUT2D eigenvalue weighted by atomic mass is 10.1. The van der Waals surface area contributed by atoms with Gasteiger partial charge in [0, 0.05) is 26.4 Å². The molecule has 0 N–H and O–H groups in total. The Hall–Kier alpha value is -2.86. The first-order valence-corrected chi connectivity index (χ1v) is 9.19. The molecule has 0 spiro atoms. The number of carbonyl (C=O) groups excluding carboxylic acids is 1. The Balaban J connectivity index is 1.70. The average molecular weight is 365 g/mol. The molecule has 0 unspecified atom stereocenters. The molecule has 140 valence electrons. The van der Waals surface area contributed by atoms with E-state index in [0.717, 1.165) is 24.3 Å². The van der Waals surface area contributed by atoms with Crippen molar-refractivity contribution in [1.29, 1.82) is 0 Å². The first kappa shape index (κ1) is 17.5. The lowest BCUT2D eigenvalue weighted by Crippen LogP contribution is -2.40. The van der Waals surface area contributed by atoms with Crippen molar-refractivity contribution in [3.63, 3.8) is 0 Å². The van der Waals surface area contributed by atoms with Gasteiger partial charge < -0.3 is 14.1 Å². The van der Waals surface area contributed by atoms with Crippen LogP contribution < -0.4 is 0 Å². The monoisotopic (exact) mass is 365 g/mol. The normalized spacial score (nSPS) is 15.3. The maximum atomic E-state index is 13.2. The first-order chi connectivity index (χ1) is 13.2. The van der Waals surface area contributed by atoms with Gasteiger partial charge in [-0.1, -0.05) is 18.2 Å². The van der Waals surface area contributed by atoms with Gasteiger partial charge in [0.25, 0.3) is 5.91 Å². The van der Waals surface area contributed by atoms with E-state index < -0.39 is 0 Å². The van der Waals surface area contributed by atoms with E-state index in [1.807, 2.05) is 54.3 Å². The van der Waals surface area contributed by atoms with E-state index in [4.69, 9.17) is 9.15 Å². The molecule has 2 aromatic heterocycles. The molecular formula is C21H23N3O3. The van der Waals surface area contributed by atoms with Crippen molar-refractivity contribution in [2.24, 2.45) is 0 Å². The fourth-order valence-electron chi connectivity index (χ4n) is 3.45. The Morgan fingerprint density at radius 2 is 1.89 bits per heavy atom. The molecule has 27 heavy (non-hydrogen) atoms. The van der Waals surface area contributed by atoms with Crippen molar-refractivity contribution < 1.29 is 13.9 Å². The summed E-state index contributed by atoms with van der Waals surface area (Å²) in [5.74, 6) is 1.38. The van der Waals surface area contributed by atoms with Crippen molar-refractivity contribution in [2.45, 2.75) is 25.9 Å². The summed E-state index contributed by atoms with van der Waals surface area (Å²) in [6.07, 6.45) is 3.73. The van der Waals surface area contributed by atoms with Crippen molar-refractivity contribution in [2.75, 3.05) is 20.2 Å². The van der Waals surface area contributed by atoms with Crippen LogP contribution in [-0.4, -0.2) is 46.9 Å². The van der Waals surface area contributed by atoms with E-state index in [9.17, 15) is 4.79 Å². The summed E-state index contributed by atoms with van der Waals surface area (Å²) in [4.78, 5) is 15.1. The molecule has 0 aliphatic carbocycles. The van der Waals surface area contributed by atoms with Gasteiger partial charge in [0.15, 0.2) is 5.76 Å². The third-order valence-corrected chi connectivity index (χ3v) is 5.00. The molecule has 1 aliphatic rings. The zero-order valence-corrected chi connectivity index (χ0v) is 15.6. The Bertz CT molecular complexity index is 921. The van der Waals surface area contributed by atoms with Crippen LogP contribution in [-0.2, 0) is 4.74 Å². The topological polar surface area (TPSA) is 60.5 Å². The molecule has 0 bridgehead atoms. The summed E-state index contributed by atoms with van der Waals surface area (Å²) < 4.78 is 12.9. The molecule has 3 heterocycles. The molecule has 0 radical (unpaired) electrons. The molecule has 1 aromatic carbocycles. The third-order valence-electron chi connectivity index (χ3n) is 5.00. The standard InChI is InChI=1S/C21H23N3O3/c1-15-8-9-19(27-15)20-18(14-24(22-20)16-6-4-3-5-7-16)21(25)23-12-10-17(26-2)11-13-23/h3-9,14,17H,10-13H2,1-2H3. The minimum absolute atomic E-state index is 0.0178. The number of para-hydroxylation sites is 1. The number of aromatic nitrogens is 2. The van der Waals surface area contributed by atoms with Crippen LogP contribution in [0.15, 0.2) is 53.1 Å². The summed E-state index contributed by atoms with van der Waals surface area (Å²) in [5.41, 5.74) is 2.04. The van der Waals surface area contributed by atoms with Crippen LogP contribution in [0.1, 0.15) is 29.0 Å². The number of aryl methyl sites for hydroxylation is 1. The Labute approximate surface area is 158 Å². The Morgan fingerprint density at radius 1 is 1.15 bits per heavy atom. The SMILES string of the molecule is COC1CCN(C(=O)c2cn(-c3ccccc3)nc2-c2ccc(C)o2)CC1. The van der Waals surface area contributed by atoms with E-state index in [1.54, 1.807) is 18.0 Å². The fourth-order valence-corrected chi connectivity index (χ4v) is 3.45. The molecular weight excluding hydrogens is 342 g/mol. The number of ether oxygens (including phenoxy) is 1. The van der Waals surface area contributed by atoms with Gasteiger partial charge in [0.05, 0.1) is 17.4 Å². The summed E-state index contributed by atoms with van der Waals surface area (Å²) in [5, 5.41) is 4.66. The van der Waals surface area contributed by atoms with Crippen LogP contribution in [0.2, 0.25) is 0 Å². The smallest absolute Gasteiger partial charge is 0.257 e. The van der Waals surface area contributed by atoms with Gasteiger partial charge in [0.2, 0.25) is 0 Å². The molecule has 4 rings (SSSR count). The number of carbonyl (C=O) groups is 1. The van der Waals surface area contributed by atoms with Crippen LogP contribution >= 0.6 is 0 Å². The highest BCUT2D eigenvalue weighted by Gasteiger charge is 2.28. The zero-order valence-electron chi connectivity index (χ0n) is 15.6. The summed E-state index contributed by atoms with van der Waals surface area (Å²) in [6.45, 7) is 3.25. The average Bonchev–Trinajstić information content (AvgIpc) is 3.34. The lowest BCUT2D eigenvalue weighted by Gasteiger charge is -2.31. The highest BCUT2D eigenvalue weighted by Crippen LogP contribution is 2.27. The number of nitrogens with zero attached hydrogens (tertiary/aromatic N) is 3. The van der Waals surface area contributed by atoms with Crippen molar-refractivity contribution in [3.05, 3.63) is 60.0 Å². The van der Waals surface area contributed by atoms with Gasteiger partial charge >= 0.3 is 0 Å². The third kappa shape index (κ3) is 3.53. The minimum Gasteiger partial charge on any atom is -0.460 e. The number of hydrogen-bond donors (Lipinski definition) is 0. The van der Waals surface area contributed by atoms with Gasteiger partial charge in [0.1, 0.15) is 11.5 Å². The van der Waals surface area contributed by atoms with Gasteiger partial charge in [-0.2, -0.15) is 5.10 Å². The fraction of sp³-hybridized carbons (Fsp3) is 0.333. The highest BCUT2D eigenvalue weighted by atomic mass is 16.5. The van der Waals surface area contributed by atoms with E-state index >= 15 is 0 Å². The van der Waals surface area contributed by atoms with Crippen LogP contribution in [0.5, 0.6) is 0 Å². The quantitative estimate of drug-likeness (QED) is 0.707. The molecule has 0 saturated carbocycles. The van der Waals surface area contributed by atoms with Crippen molar-refractivity contribution in [1.82, 2.24) is 14.7 Å². The number of hydrogen-bond acceptors (Lipinski definition) is 4. The summed E-state index contributed by atoms with van der Waals surface area (Å²) in [7, 11) is 1.73. The first-order valence-electron chi connectivity index (χ1n) is 9.19. The van der Waals surface area contributed by atoms with Crippen LogP contribution in [0.3, 0.4) is 0 Å². The van der Waals surface area contributed by atoms with Gasteiger partial charge in [-0.15, -0.1) is 0 Å². The molecule has 6 nitrogen and oxygen atoms in total. The number of methoxy groups -OCH3 is 1. The van der Waals surface area contributed by atoms with E-state index in [2.05, 4.69) is 5.10 Å². The lowest BCUT2D eigenvalue weighted by molar-refractivity contribution is 0.0351. The highest BCUT2D eigenvalue weighted by molar-refractivity contribution is 5.99. The van der Waals surface area contributed by atoms with Gasteiger partial charge in [-0.05, 0) is 44.0 Å². The predicted octanol–water partition coefficient (Wildman–Crippen LogP) is 3.69. The molecule has 1 aliphatic heterocycles. The number of furan rings is 1. The number of benzene rings is 1. The zero-order chi connectivity index (χ0) is 18.8. The number of piperidine rings is 1. The largest absolute Gasteiger partial charge is 0.460 e. The van der Waals surface area contributed by atoms with E-state index in [0.29, 0.717) is 30.1 Å². The Kier molecular flexibility index (Phi) is 4.81. The second kappa shape index (κ2) is 7.40. The summed E-state index contributed by atoms with van der Waals surface area (Å²) in [6, 6.07) is 13.5. The number of rotatable bonds is 4. The molecule has 1 amide bonds. The maximum Gasteiger partial charge on any atom is 0.257 e. The van der Waals surface area contributed by atoms with Crippen molar-refractivity contribution >= 4 is 5.91 Å². The number of likely N-dealkylation sites (tertiary alicyclic amines) is 1. The number of amides is 1. The second-order valence-electron chi connectivity index (χ2n) is 6.81. The molecule has 3 aromatic rings. The molecule has 1 saturated heterocycles. The minimum atomic E-state index is -0.0178. The van der Waals surface area contributed by atoms with E-state index in [1.165, 1.54) is 0 Å². The van der Waals surface area contributed by atoms with Crippen LogP contribution in [0.4, 0.5) is 0 Å². The maximum absolute atomic E-state index is 13.2. The van der Waals surface area contributed by atoms with Crippen molar-refractivity contribution in [3.8, 4) is 17.1 Å².